The third-order valence-corrected chi connectivity index (χ3v) is 7.11. The van der Waals surface area contributed by atoms with Gasteiger partial charge < -0.3 is 20.1 Å². The molecule has 0 radical (unpaired) electrons. The summed E-state index contributed by atoms with van der Waals surface area (Å²) in [4.78, 5) is 35.9. The van der Waals surface area contributed by atoms with Gasteiger partial charge in [0, 0.05) is 29.2 Å². The zero-order valence-electron chi connectivity index (χ0n) is 22.1. The number of alkyl halides is 2. The number of carbonyl (C=O) groups excluding carboxylic acids is 2. The molecule has 0 aliphatic carbocycles. The van der Waals surface area contributed by atoms with Gasteiger partial charge in [0.25, 0.3) is 0 Å². The Labute approximate surface area is 217 Å². The second-order valence-corrected chi connectivity index (χ2v) is 10.2. The number of aromatic nitrogens is 2. The van der Waals surface area contributed by atoms with Gasteiger partial charge in [0.15, 0.2) is 5.41 Å². The fourth-order valence-electron chi connectivity index (χ4n) is 4.77. The van der Waals surface area contributed by atoms with E-state index in [1.807, 2.05) is 0 Å². The van der Waals surface area contributed by atoms with Gasteiger partial charge in [-0.3, -0.25) is 9.59 Å². The summed E-state index contributed by atoms with van der Waals surface area (Å²) in [7, 11) is 2.75. The number of hydrogen-bond acceptors (Lipinski definition) is 7. The highest BCUT2D eigenvalue weighted by Gasteiger charge is 2.53. The molecule has 0 bridgehead atoms. The van der Waals surface area contributed by atoms with Crippen molar-refractivity contribution < 1.29 is 32.6 Å². The molecule has 1 aliphatic heterocycles. The predicted octanol–water partition coefficient (Wildman–Crippen LogP) is 4.52. The minimum absolute atomic E-state index is 0.0532. The quantitative estimate of drug-likeness (QED) is 0.357. The molecule has 2 heterocycles. The van der Waals surface area contributed by atoms with E-state index in [4.69, 9.17) is 4.74 Å². The van der Waals surface area contributed by atoms with E-state index in [1.165, 1.54) is 38.1 Å². The lowest BCUT2D eigenvalue weighted by molar-refractivity contribution is -0.170. The molecule has 1 aliphatic rings. The van der Waals surface area contributed by atoms with Crippen LogP contribution in [0.2, 0.25) is 0 Å². The number of amides is 1. The largest absolute Gasteiger partial charge is 0.468 e. The second-order valence-electron chi connectivity index (χ2n) is 10.2. The van der Waals surface area contributed by atoms with E-state index in [0.717, 1.165) is 19.9 Å². The summed E-state index contributed by atoms with van der Waals surface area (Å²) >= 11 is 0. The number of likely N-dealkylation sites (N-methyl/N-ethyl adjacent to an activating group) is 1. The number of hydrogen-bond donors (Lipinski definition) is 2. The molecule has 1 aromatic heterocycles. The van der Waals surface area contributed by atoms with Crippen molar-refractivity contribution in [2.45, 2.75) is 57.6 Å². The molecule has 202 valence electrons. The maximum atomic E-state index is 15.4. The third-order valence-electron chi connectivity index (χ3n) is 7.11. The number of aliphatic hydroxyl groups is 1. The second kappa shape index (κ2) is 8.93. The number of aryl methyl sites for hydroxylation is 1. The van der Waals surface area contributed by atoms with E-state index in [-0.39, 0.29) is 11.4 Å². The lowest BCUT2D eigenvalue weighted by atomic mass is 9.83. The van der Waals surface area contributed by atoms with Crippen molar-refractivity contribution in [1.29, 1.82) is 0 Å². The smallest absolute Gasteiger partial charge is 0.325 e. The van der Waals surface area contributed by atoms with Crippen LogP contribution < -0.4 is 10.2 Å². The molecule has 1 amide bonds. The van der Waals surface area contributed by atoms with Crippen LogP contribution in [-0.2, 0) is 25.7 Å². The van der Waals surface area contributed by atoms with Crippen molar-refractivity contribution in [3.63, 3.8) is 0 Å². The van der Waals surface area contributed by atoms with Gasteiger partial charge >= 0.3 is 11.9 Å². The Morgan fingerprint density at radius 1 is 1.24 bits per heavy atom. The Morgan fingerprint density at radius 2 is 1.89 bits per heavy atom. The van der Waals surface area contributed by atoms with Gasteiger partial charge in [0.1, 0.15) is 23.1 Å². The lowest BCUT2D eigenvalue weighted by Crippen LogP contribution is -2.43. The first-order valence-electron chi connectivity index (χ1n) is 11.9. The van der Waals surface area contributed by atoms with Gasteiger partial charge in [-0.15, -0.1) is 0 Å². The fraction of sp³-hybridized carbons (Fsp3) is 0.407. The number of esters is 1. The number of rotatable bonds is 6. The summed E-state index contributed by atoms with van der Waals surface area (Å²) in [6, 6.07) is 6.08. The maximum Gasteiger partial charge on any atom is 0.325 e. The number of nitrogens with one attached hydrogen (secondary N) is 1. The number of ether oxygens (including phenoxy) is 1. The summed E-state index contributed by atoms with van der Waals surface area (Å²) in [6.45, 7) is 6.56. The van der Waals surface area contributed by atoms with Crippen LogP contribution in [0.5, 0.6) is 0 Å². The molecule has 8 nitrogen and oxygen atoms in total. The monoisotopic (exact) mass is 530 g/mol. The first kappa shape index (κ1) is 27.3. The first-order valence-corrected chi connectivity index (χ1v) is 11.9. The van der Waals surface area contributed by atoms with Gasteiger partial charge in [-0.05, 0) is 52.8 Å². The summed E-state index contributed by atoms with van der Waals surface area (Å²) < 4.78 is 49.9. The zero-order valence-corrected chi connectivity index (χ0v) is 22.1. The molecule has 0 fully saturated rings. The Kier molecular flexibility index (Phi) is 6.42. The SMILES string of the molecule is COC(=O)[C@@]1(C)C(=O)N(C)c2cc3c(N[C@H](C)c4cccc(C(F)(F)C(C)(C)O)c4F)nc(C)nc3cc21. The predicted molar refractivity (Wildman–Crippen MR) is 136 cm³/mol. The highest BCUT2D eigenvalue weighted by atomic mass is 19.3. The lowest BCUT2D eigenvalue weighted by Gasteiger charge is -2.30. The number of nitrogens with zero attached hydrogens (tertiary/aromatic N) is 3. The molecule has 3 aromatic rings. The molecule has 38 heavy (non-hydrogen) atoms. The minimum Gasteiger partial charge on any atom is -0.468 e. The van der Waals surface area contributed by atoms with Crippen molar-refractivity contribution in [2.24, 2.45) is 0 Å². The topological polar surface area (TPSA) is 105 Å². The average Bonchev–Trinajstić information content (AvgIpc) is 3.03. The van der Waals surface area contributed by atoms with E-state index in [2.05, 4.69) is 15.3 Å². The highest BCUT2D eigenvalue weighted by Crippen LogP contribution is 2.45. The number of halogens is 3. The van der Waals surface area contributed by atoms with Crippen LogP contribution in [0.15, 0.2) is 30.3 Å². The van der Waals surface area contributed by atoms with E-state index in [9.17, 15) is 23.5 Å². The van der Waals surface area contributed by atoms with Gasteiger partial charge in [-0.25, -0.2) is 14.4 Å². The molecule has 0 saturated heterocycles. The normalized spacial score (nSPS) is 18.5. The maximum absolute atomic E-state index is 15.4. The standard InChI is InChI=1S/C27H29F3N4O4/c1-13(15-9-8-10-17(21(15)28)27(29,30)25(3,4)37)31-22-16-11-20-18(12-19(16)32-14(2)33-22)26(5,24(36)38-7)23(35)34(20)6/h8-13,37H,1-7H3,(H,31,32,33)/t13-,26-/m1/s1. The molecule has 0 saturated carbocycles. The molecule has 2 N–H and O–H groups in total. The first-order chi connectivity index (χ1) is 17.5. The van der Waals surface area contributed by atoms with Crippen molar-refractivity contribution in [3.8, 4) is 0 Å². The molecule has 11 heteroatoms. The van der Waals surface area contributed by atoms with Crippen molar-refractivity contribution in [1.82, 2.24) is 9.97 Å². The van der Waals surface area contributed by atoms with Crippen molar-refractivity contribution in [2.75, 3.05) is 24.4 Å². The summed E-state index contributed by atoms with van der Waals surface area (Å²) in [5.41, 5.74) is -3.70. The highest BCUT2D eigenvalue weighted by molar-refractivity contribution is 6.21. The van der Waals surface area contributed by atoms with Crippen LogP contribution in [0.4, 0.5) is 24.7 Å². The summed E-state index contributed by atoms with van der Waals surface area (Å²) in [5, 5.41) is 13.5. The summed E-state index contributed by atoms with van der Waals surface area (Å²) in [5.74, 6) is -5.51. The molecule has 0 unspecified atom stereocenters. The van der Waals surface area contributed by atoms with E-state index < -0.39 is 46.2 Å². The van der Waals surface area contributed by atoms with Gasteiger partial charge in [-0.1, -0.05) is 12.1 Å². The number of anilines is 2. The van der Waals surface area contributed by atoms with Crippen LogP contribution >= 0.6 is 0 Å². The Morgan fingerprint density at radius 3 is 2.50 bits per heavy atom. The van der Waals surface area contributed by atoms with Crippen LogP contribution in [0.3, 0.4) is 0 Å². The van der Waals surface area contributed by atoms with Crippen molar-refractivity contribution >= 4 is 34.3 Å². The number of fused-ring (bicyclic) bond motifs is 2. The van der Waals surface area contributed by atoms with Gasteiger partial charge in [0.05, 0.1) is 24.2 Å². The zero-order chi connectivity index (χ0) is 28.4. The Bertz CT molecular complexity index is 1470. The molecule has 2 atom stereocenters. The van der Waals surface area contributed by atoms with E-state index >= 15 is 4.39 Å². The minimum atomic E-state index is -3.84. The number of benzene rings is 2. The van der Waals surface area contributed by atoms with Crippen molar-refractivity contribution in [3.05, 3.63) is 58.7 Å². The molecule has 2 aromatic carbocycles. The van der Waals surface area contributed by atoms with Crippen LogP contribution in [-0.4, -0.2) is 46.7 Å². The van der Waals surface area contributed by atoms with E-state index in [0.29, 0.717) is 28.0 Å². The average molecular weight is 531 g/mol. The Hall–Kier alpha value is -3.73. The fourth-order valence-corrected chi connectivity index (χ4v) is 4.77. The van der Waals surface area contributed by atoms with Gasteiger partial charge in [0.2, 0.25) is 5.91 Å². The van der Waals surface area contributed by atoms with Crippen LogP contribution in [0, 0.1) is 12.7 Å². The van der Waals surface area contributed by atoms with Crippen LogP contribution in [0.25, 0.3) is 10.9 Å². The molecular formula is C27H29F3N4O4. The van der Waals surface area contributed by atoms with Crippen LogP contribution in [0.1, 0.15) is 56.3 Å². The number of carbonyl (C=O) groups is 2. The molecule has 0 spiro atoms. The van der Waals surface area contributed by atoms with Gasteiger partial charge in [-0.2, -0.15) is 8.78 Å². The summed E-state index contributed by atoms with van der Waals surface area (Å²) in [6.07, 6.45) is 0. The number of methoxy groups -OCH3 is 1. The Balaban J connectivity index is 1.81. The van der Waals surface area contributed by atoms with E-state index in [1.54, 1.807) is 26.0 Å². The molecular weight excluding hydrogens is 501 g/mol. The third kappa shape index (κ3) is 3.96. The molecule has 4 rings (SSSR count).